The van der Waals surface area contributed by atoms with Crippen LogP contribution in [0, 0.1) is 5.82 Å². The normalized spacial score (nSPS) is 10.9. The maximum Gasteiger partial charge on any atom is 0.263 e. The molecule has 0 spiro atoms. The molecule has 0 aliphatic heterocycles. The lowest BCUT2D eigenvalue weighted by Gasteiger charge is -2.07. The fourth-order valence-corrected chi connectivity index (χ4v) is 1.76. The molecule has 0 bridgehead atoms. The van der Waals surface area contributed by atoms with Crippen molar-refractivity contribution in [1.29, 1.82) is 0 Å². The third kappa shape index (κ3) is 3.83. The van der Waals surface area contributed by atoms with Gasteiger partial charge in [0.15, 0.2) is 0 Å². The summed E-state index contributed by atoms with van der Waals surface area (Å²) in [6.45, 7) is 0.918. The molecule has 2 rings (SSSR count). The molecule has 100 valence electrons. The zero-order valence-corrected chi connectivity index (χ0v) is 10.2. The Bertz CT molecular complexity index is 523. The van der Waals surface area contributed by atoms with Gasteiger partial charge in [-0.1, -0.05) is 42.5 Å². The van der Waals surface area contributed by atoms with E-state index in [4.69, 9.17) is 0 Å². The molecule has 1 nitrogen and oxygen atoms in total. The molecule has 0 unspecified atom stereocenters. The number of alkyl halides is 2. The molecule has 0 heterocycles. The molecule has 2 aromatic rings. The molecule has 0 saturated heterocycles. The standard InChI is InChI=1S/C15H14F3N/c16-14-4-2-1-3-13(14)10-19-9-11-5-7-12(8-6-11)15(17)18/h1-8,15,19H,9-10H2. The average Bonchev–Trinajstić information content (AvgIpc) is 2.41. The number of nitrogens with one attached hydrogen (secondary N) is 1. The first-order valence-electron chi connectivity index (χ1n) is 5.98. The van der Waals surface area contributed by atoms with Gasteiger partial charge in [0.05, 0.1) is 0 Å². The summed E-state index contributed by atoms with van der Waals surface area (Å²) in [4.78, 5) is 0. The van der Waals surface area contributed by atoms with E-state index in [0.717, 1.165) is 5.56 Å². The molecule has 0 aliphatic rings. The predicted octanol–water partition coefficient (Wildman–Crippen LogP) is 4.05. The molecule has 0 atom stereocenters. The van der Waals surface area contributed by atoms with E-state index in [2.05, 4.69) is 5.32 Å². The smallest absolute Gasteiger partial charge is 0.263 e. The van der Waals surface area contributed by atoms with Gasteiger partial charge in [-0.15, -0.1) is 0 Å². The third-order valence-electron chi connectivity index (χ3n) is 2.83. The van der Waals surface area contributed by atoms with Gasteiger partial charge in [-0.25, -0.2) is 13.2 Å². The van der Waals surface area contributed by atoms with Gasteiger partial charge in [0.2, 0.25) is 0 Å². The highest BCUT2D eigenvalue weighted by Gasteiger charge is 2.05. The lowest BCUT2D eigenvalue weighted by Crippen LogP contribution is -2.13. The molecule has 1 N–H and O–H groups in total. The van der Waals surface area contributed by atoms with Gasteiger partial charge in [-0.05, 0) is 11.6 Å². The molecular weight excluding hydrogens is 251 g/mol. The van der Waals surface area contributed by atoms with Crippen molar-refractivity contribution in [2.75, 3.05) is 0 Å². The van der Waals surface area contributed by atoms with Crippen LogP contribution in [0.5, 0.6) is 0 Å². The maximum atomic E-state index is 13.3. The second kappa shape index (κ2) is 6.38. The quantitative estimate of drug-likeness (QED) is 0.859. The van der Waals surface area contributed by atoms with Crippen molar-refractivity contribution in [3.63, 3.8) is 0 Å². The second-order valence-electron chi connectivity index (χ2n) is 4.24. The first-order chi connectivity index (χ1) is 9.16. The number of hydrogen-bond donors (Lipinski definition) is 1. The topological polar surface area (TPSA) is 12.0 Å². The van der Waals surface area contributed by atoms with Crippen molar-refractivity contribution in [2.45, 2.75) is 19.5 Å². The molecule has 0 fully saturated rings. The van der Waals surface area contributed by atoms with Crippen LogP contribution >= 0.6 is 0 Å². The summed E-state index contributed by atoms with van der Waals surface area (Å²) in [7, 11) is 0. The van der Waals surface area contributed by atoms with Crippen LogP contribution in [0.3, 0.4) is 0 Å². The first-order valence-corrected chi connectivity index (χ1v) is 5.98. The minimum atomic E-state index is -2.44. The van der Waals surface area contributed by atoms with Crippen LogP contribution < -0.4 is 5.32 Å². The molecule has 0 saturated carbocycles. The van der Waals surface area contributed by atoms with E-state index in [9.17, 15) is 13.2 Å². The van der Waals surface area contributed by atoms with Crippen LogP contribution in [0.1, 0.15) is 23.1 Å². The van der Waals surface area contributed by atoms with E-state index in [1.165, 1.54) is 18.2 Å². The van der Waals surface area contributed by atoms with Crippen molar-refractivity contribution in [1.82, 2.24) is 5.32 Å². The number of hydrogen-bond acceptors (Lipinski definition) is 1. The monoisotopic (exact) mass is 265 g/mol. The molecule has 2 aromatic carbocycles. The Morgan fingerprint density at radius 2 is 1.58 bits per heavy atom. The van der Waals surface area contributed by atoms with Gasteiger partial charge in [0.25, 0.3) is 6.43 Å². The van der Waals surface area contributed by atoms with E-state index >= 15 is 0 Å². The van der Waals surface area contributed by atoms with Crippen LogP contribution in [-0.4, -0.2) is 0 Å². The zero-order valence-electron chi connectivity index (χ0n) is 10.2. The molecule has 0 amide bonds. The number of rotatable bonds is 5. The Labute approximate surface area is 110 Å². The molecule has 0 aliphatic carbocycles. The van der Waals surface area contributed by atoms with Gasteiger partial charge in [0, 0.05) is 24.2 Å². The summed E-state index contributed by atoms with van der Waals surface area (Å²) in [5.41, 5.74) is 1.49. The highest BCUT2D eigenvalue weighted by atomic mass is 19.3. The molecule has 19 heavy (non-hydrogen) atoms. The SMILES string of the molecule is Fc1ccccc1CNCc1ccc(C(F)F)cc1. The van der Waals surface area contributed by atoms with Crippen LogP contribution in [0.25, 0.3) is 0 Å². The Hall–Kier alpha value is -1.81. The van der Waals surface area contributed by atoms with Gasteiger partial charge < -0.3 is 5.32 Å². The van der Waals surface area contributed by atoms with Crippen molar-refractivity contribution in [2.24, 2.45) is 0 Å². The molecule has 0 aromatic heterocycles. The van der Waals surface area contributed by atoms with Gasteiger partial charge >= 0.3 is 0 Å². The van der Waals surface area contributed by atoms with Crippen LogP contribution in [0.2, 0.25) is 0 Å². The van der Waals surface area contributed by atoms with E-state index in [1.54, 1.807) is 30.3 Å². The second-order valence-corrected chi connectivity index (χ2v) is 4.24. The van der Waals surface area contributed by atoms with Crippen LogP contribution in [-0.2, 0) is 13.1 Å². The van der Waals surface area contributed by atoms with Crippen molar-refractivity contribution >= 4 is 0 Å². The fourth-order valence-electron chi connectivity index (χ4n) is 1.76. The Morgan fingerprint density at radius 3 is 2.21 bits per heavy atom. The Morgan fingerprint density at radius 1 is 0.895 bits per heavy atom. The van der Waals surface area contributed by atoms with E-state index in [0.29, 0.717) is 18.7 Å². The van der Waals surface area contributed by atoms with Gasteiger partial charge in [0.1, 0.15) is 5.82 Å². The van der Waals surface area contributed by atoms with Crippen molar-refractivity contribution < 1.29 is 13.2 Å². The van der Waals surface area contributed by atoms with Crippen LogP contribution in [0.15, 0.2) is 48.5 Å². The van der Waals surface area contributed by atoms with E-state index in [1.807, 2.05) is 0 Å². The zero-order chi connectivity index (χ0) is 13.7. The highest BCUT2D eigenvalue weighted by molar-refractivity contribution is 5.23. The maximum absolute atomic E-state index is 13.3. The van der Waals surface area contributed by atoms with E-state index in [-0.39, 0.29) is 11.4 Å². The van der Waals surface area contributed by atoms with Crippen LogP contribution in [0.4, 0.5) is 13.2 Å². The first kappa shape index (κ1) is 13.6. The molecular formula is C15H14F3N. The lowest BCUT2D eigenvalue weighted by atomic mass is 10.1. The van der Waals surface area contributed by atoms with Crippen molar-refractivity contribution in [3.8, 4) is 0 Å². The Balaban J connectivity index is 1.87. The summed E-state index contributed by atoms with van der Waals surface area (Å²) >= 11 is 0. The highest BCUT2D eigenvalue weighted by Crippen LogP contribution is 2.18. The van der Waals surface area contributed by atoms with Gasteiger partial charge in [-0.2, -0.15) is 0 Å². The molecule has 4 heteroatoms. The predicted molar refractivity (Wildman–Crippen MR) is 68.3 cm³/mol. The molecule has 0 radical (unpaired) electrons. The summed E-state index contributed by atoms with van der Waals surface area (Å²) < 4.78 is 38.1. The summed E-state index contributed by atoms with van der Waals surface area (Å²) in [5.74, 6) is -0.247. The number of halogens is 3. The largest absolute Gasteiger partial charge is 0.309 e. The third-order valence-corrected chi connectivity index (χ3v) is 2.83. The van der Waals surface area contributed by atoms with Gasteiger partial charge in [-0.3, -0.25) is 0 Å². The fraction of sp³-hybridized carbons (Fsp3) is 0.200. The average molecular weight is 265 g/mol. The minimum Gasteiger partial charge on any atom is -0.309 e. The van der Waals surface area contributed by atoms with Crippen molar-refractivity contribution in [3.05, 3.63) is 71.0 Å². The number of benzene rings is 2. The summed E-state index contributed by atoms with van der Waals surface area (Å²) in [6, 6.07) is 12.7. The minimum absolute atomic E-state index is 0.0119. The summed E-state index contributed by atoms with van der Waals surface area (Å²) in [6.07, 6.45) is -2.44. The Kier molecular flexibility index (Phi) is 4.58. The lowest BCUT2D eigenvalue weighted by molar-refractivity contribution is 0.151. The summed E-state index contributed by atoms with van der Waals surface area (Å²) in [5, 5.41) is 3.08. The van der Waals surface area contributed by atoms with E-state index < -0.39 is 6.43 Å².